The summed E-state index contributed by atoms with van der Waals surface area (Å²) in [5, 5.41) is 0. The van der Waals surface area contributed by atoms with Crippen LogP contribution in [-0.2, 0) is 13.0 Å². The molecular weight excluding hydrogens is 260 g/mol. The van der Waals surface area contributed by atoms with Crippen molar-refractivity contribution in [2.24, 2.45) is 0 Å². The van der Waals surface area contributed by atoms with E-state index in [9.17, 15) is 0 Å². The number of aryl methyl sites for hydroxylation is 3. The molecule has 0 saturated heterocycles. The molecule has 0 bridgehead atoms. The molecule has 0 unspecified atom stereocenters. The van der Waals surface area contributed by atoms with Crippen molar-refractivity contribution in [1.29, 1.82) is 0 Å². The second kappa shape index (κ2) is 7.36. The first-order valence-electron chi connectivity index (χ1n) is 7.66. The van der Waals surface area contributed by atoms with Gasteiger partial charge in [0, 0.05) is 43.3 Å². The van der Waals surface area contributed by atoms with E-state index in [1.807, 2.05) is 18.5 Å². The van der Waals surface area contributed by atoms with Gasteiger partial charge < -0.3 is 9.47 Å². The molecule has 0 amide bonds. The van der Waals surface area contributed by atoms with Gasteiger partial charge in [0.15, 0.2) is 0 Å². The Labute approximate surface area is 127 Å². The van der Waals surface area contributed by atoms with Crippen molar-refractivity contribution in [3.8, 4) is 0 Å². The molecule has 4 heteroatoms. The molecule has 0 aliphatic heterocycles. The second-order valence-electron chi connectivity index (χ2n) is 5.88. The van der Waals surface area contributed by atoms with Crippen molar-refractivity contribution in [2.45, 2.75) is 46.2 Å². The maximum absolute atomic E-state index is 4.46. The van der Waals surface area contributed by atoms with Crippen LogP contribution in [0.3, 0.4) is 0 Å². The van der Waals surface area contributed by atoms with Gasteiger partial charge in [-0.25, -0.2) is 4.98 Å². The molecule has 0 fully saturated rings. The van der Waals surface area contributed by atoms with E-state index in [1.54, 1.807) is 0 Å². The monoisotopic (exact) mass is 286 g/mol. The molecule has 0 N–H and O–H groups in total. The van der Waals surface area contributed by atoms with Crippen LogP contribution in [0, 0.1) is 13.8 Å². The van der Waals surface area contributed by atoms with Gasteiger partial charge in [-0.05, 0) is 58.5 Å². The van der Waals surface area contributed by atoms with Crippen molar-refractivity contribution in [3.05, 3.63) is 47.8 Å². The standard InChI is InChI=1S/C17H26N4/c1-14-6-7-19-17(12-14)13-15(2)20(4)9-5-10-21-11-8-18-16(21)3/h6-8,11-12,15H,5,9-10,13H2,1-4H3/t15-/m0/s1. The van der Waals surface area contributed by atoms with Crippen molar-refractivity contribution in [2.75, 3.05) is 13.6 Å². The Kier molecular flexibility index (Phi) is 5.51. The van der Waals surface area contributed by atoms with Crippen LogP contribution in [0.25, 0.3) is 0 Å². The van der Waals surface area contributed by atoms with Gasteiger partial charge in [0.25, 0.3) is 0 Å². The quantitative estimate of drug-likeness (QED) is 0.785. The average Bonchev–Trinajstić information content (AvgIpc) is 2.84. The Morgan fingerprint density at radius 1 is 1.24 bits per heavy atom. The van der Waals surface area contributed by atoms with Crippen LogP contribution in [0.2, 0.25) is 0 Å². The largest absolute Gasteiger partial charge is 0.335 e. The molecule has 0 aliphatic rings. The van der Waals surface area contributed by atoms with Crippen LogP contribution in [0.5, 0.6) is 0 Å². The van der Waals surface area contributed by atoms with Crippen LogP contribution in [-0.4, -0.2) is 39.1 Å². The molecule has 0 spiro atoms. The molecule has 0 radical (unpaired) electrons. The Balaban J connectivity index is 1.77. The SMILES string of the molecule is Cc1ccnc(C[C@H](C)N(C)CCCn2ccnc2C)c1. The zero-order valence-electron chi connectivity index (χ0n) is 13.6. The van der Waals surface area contributed by atoms with E-state index >= 15 is 0 Å². The fraction of sp³-hybridized carbons (Fsp3) is 0.529. The van der Waals surface area contributed by atoms with Crippen molar-refractivity contribution in [1.82, 2.24) is 19.4 Å². The topological polar surface area (TPSA) is 34.0 Å². The summed E-state index contributed by atoms with van der Waals surface area (Å²) in [6.07, 6.45) is 7.96. The number of pyridine rings is 1. The molecule has 114 valence electrons. The first-order valence-corrected chi connectivity index (χ1v) is 7.66. The van der Waals surface area contributed by atoms with Crippen LogP contribution < -0.4 is 0 Å². The summed E-state index contributed by atoms with van der Waals surface area (Å²) < 4.78 is 2.21. The van der Waals surface area contributed by atoms with E-state index in [0.29, 0.717) is 6.04 Å². The fourth-order valence-electron chi connectivity index (χ4n) is 2.52. The molecule has 0 aliphatic carbocycles. The fourth-order valence-corrected chi connectivity index (χ4v) is 2.52. The van der Waals surface area contributed by atoms with Crippen LogP contribution in [0.1, 0.15) is 30.4 Å². The van der Waals surface area contributed by atoms with Gasteiger partial charge in [0.1, 0.15) is 5.82 Å². The number of hydrogen-bond donors (Lipinski definition) is 0. The lowest BCUT2D eigenvalue weighted by atomic mass is 10.1. The summed E-state index contributed by atoms with van der Waals surface area (Å²) in [6.45, 7) is 8.56. The summed E-state index contributed by atoms with van der Waals surface area (Å²) in [5.74, 6) is 1.09. The van der Waals surface area contributed by atoms with Crippen molar-refractivity contribution >= 4 is 0 Å². The summed E-state index contributed by atoms with van der Waals surface area (Å²) in [4.78, 5) is 11.1. The predicted octanol–water partition coefficient (Wildman–Crippen LogP) is 2.85. The number of nitrogens with zero attached hydrogens (tertiary/aromatic N) is 4. The molecular formula is C17H26N4. The molecule has 0 aromatic carbocycles. The minimum absolute atomic E-state index is 0.503. The van der Waals surface area contributed by atoms with Gasteiger partial charge >= 0.3 is 0 Å². The maximum Gasteiger partial charge on any atom is 0.105 e. The normalized spacial score (nSPS) is 12.8. The minimum atomic E-state index is 0.503. The lowest BCUT2D eigenvalue weighted by Crippen LogP contribution is -2.32. The summed E-state index contributed by atoms with van der Waals surface area (Å²) in [5.41, 5.74) is 2.46. The van der Waals surface area contributed by atoms with Gasteiger partial charge in [0.2, 0.25) is 0 Å². The van der Waals surface area contributed by atoms with E-state index in [2.05, 4.69) is 59.5 Å². The first kappa shape index (κ1) is 15.7. The van der Waals surface area contributed by atoms with Crippen LogP contribution in [0.15, 0.2) is 30.7 Å². The van der Waals surface area contributed by atoms with Crippen molar-refractivity contribution < 1.29 is 0 Å². The highest BCUT2D eigenvalue weighted by molar-refractivity contribution is 5.15. The summed E-state index contributed by atoms with van der Waals surface area (Å²) in [7, 11) is 2.20. The Hall–Kier alpha value is -1.68. The Morgan fingerprint density at radius 2 is 2.05 bits per heavy atom. The van der Waals surface area contributed by atoms with E-state index < -0.39 is 0 Å². The predicted molar refractivity (Wildman–Crippen MR) is 86.4 cm³/mol. The smallest absolute Gasteiger partial charge is 0.105 e. The van der Waals surface area contributed by atoms with Gasteiger partial charge in [-0.3, -0.25) is 4.98 Å². The van der Waals surface area contributed by atoms with Crippen LogP contribution in [0.4, 0.5) is 0 Å². The zero-order valence-corrected chi connectivity index (χ0v) is 13.6. The lowest BCUT2D eigenvalue weighted by molar-refractivity contribution is 0.247. The molecule has 2 aromatic heterocycles. The molecule has 2 aromatic rings. The van der Waals surface area contributed by atoms with Gasteiger partial charge in [-0.2, -0.15) is 0 Å². The van der Waals surface area contributed by atoms with E-state index in [1.165, 1.54) is 11.3 Å². The Bertz CT molecular complexity index is 561. The number of imidazole rings is 1. The van der Waals surface area contributed by atoms with E-state index in [0.717, 1.165) is 31.8 Å². The van der Waals surface area contributed by atoms with Gasteiger partial charge in [-0.1, -0.05) is 0 Å². The van der Waals surface area contributed by atoms with Crippen molar-refractivity contribution in [3.63, 3.8) is 0 Å². The third kappa shape index (κ3) is 4.67. The lowest BCUT2D eigenvalue weighted by Gasteiger charge is -2.24. The third-order valence-electron chi connectivity index (χ3n) is 4.06. The zero-order chi connectivity index (χ0) is 15.2. The summed E-state index contributed by atoms with van der Waals surface area (Å²) >= 11 is 0. The maximum atomic E-state index is 4.46. The molecule has 0 saturated carbocycles. The highest BCUT2D eigenvalue weighted by Gasteiger charge is 2.10. The molecule has 4 nitrogen and oxygen atoms in total. The molecule has 2 rings (SSSR count). The first-order chi connectivity index (χ1) is 10.1. The second-order valence-corrected chi connectivity index (χ2v) is 5.88. The molecule has 2 heterocycles. The minimum Gasteiger partial charge on any atom is -0.335 e. The van der Waals surface area contributed by atoms with Gasteiger partial charge in [0.05, 0.1) is 0 Å². The third-order valence-corrected chi connectivity index (χ3v) is 4.06. The average molecular weight is 286 g/mol. The van der Waals surface area contributed by atoms with Gasteiger partial charge in [-0.15, -0.1) is 0 Å². The Morgan fingerprint density at radius 3 is 2.71 bits per heavy atom. The highest BCUT2D eigenvalue weighted by Crippen LogP contribution is 2.08. The van der Waals surface area contributed by atoms with Crippen LogP contribution >= 0.6 is 0 Å². The molecule has 21 heavy (non-hydrogen) atoms. The summed E-state index contributed by atoms with van der Waals surface area (Å²) in [6, 6.07) is 4.73. The number of hydrogen-bond acceptors (Lipinski definition) is 3. The molecule has 1 atom stereocenters. The van der Waals surface area contributed by atoms with E-state index in [4.69, 9.17) is 0 Å². The van der Waals surface area contributed by atoms with E-state index in [-0.39, 0.29) is 0 Å². The number of aromatic nitrogens is 3. The number of likely N-dealkylation sites (N-methyl/N-ethyl adjacent to an activating group) is 1. The number of rotatable bonds is 7. The highest BCUT2D eigenvalue weighted by atomic mass is 15.1.